The molecule has 0 saturated heterocycles. The minimum Gasteiger partial charge on any atom is -0.496 e. The van der Waals surface area contributed by atoms with Crippen molar-refractivity contribution in [2.75, 3.05) is 7.11 Å². The van der Waals surface area contributed by atoms with Crippen molar-refractivity contribution in [3.63, 3.8) is 0 Å². The van der Waals surface area contributed by atoms with Crippen LogP contribution in [0.2, 0.25) is 0 Å². The van der Waals surface area contributed by atoms with Crippen LogP contribution in [0, 0.1) is 0 Å². The summed E-state index contributed by atoms with van der Waals surface area (Å²) in [5.74, 6) is 1.08. The van der Waals surface area contributed by atoms with Gasteiger partial charge in [0.25, 0.3) is 0 Å². The van der Waals surface area contributed by atoms with Gasteiger partial charge in [-0.2, -0.15) is 11.3 Å². The molecule has 1 nitrogen and oxygen atoms in total. The van der Waals surface area contributed by atoms with Crippen molar-refractivity contribution in [3.8, 4) is 5.75 Å². The van der Waals surface area contributed by atoms with Gasteiger partial charge in [0.05, 0.1) is 7.11 Å². The molecule has 0 aliphatic rings. The fourth-order valence-corrected chi connectivity index (χ4v) is 7.14. The number of methoxy groups -OCH3 is 1. The Balaban J connectivity index is 0.000000371. The minimum atomic E-state index is 1.08. The van der Waals surface area contributed by atoms with Gasteiger partial charge in [-0.1, -0.05) is 129 Å². The summed E-state index contributed by atoms with van der Waals surface area (Å²) in [6.45, 7) is 4.56. The Kier molecular flexibility index (Phi) is 24.3. The van der Waals surface area contributed by atoms with E-state index in [0.29, 0.717) is 0 Å². The van der Waals surface area contributed by atoms with Gasteiger partial charge < -0.3 is 4.74 Å². The smallest absolute Gasteiger partial charge is 0.132 e. The molecule has 2 aromatic rings. The highest BCUT2D eigenvalue weighted by Gasteiger charge is 2.03. The Labute approximate surface area is 247 Å². The van der Waals surface area contributed by atoms with E-state index in [1.54, 1.807) is 29.8 Å². The molecule has 0 aliphatic carbocycles. The first kappa shape index (κ1) is 34.7. The molecule has 0 atom stereocenters. The number of hydrogen-bond acceptors (Lipinski definition) is 3. The number of rotatable bonds is 23. The lowest BCUT2D eigenvalue weighted by atomic mass is 10.0. The van der Waals surface area contributed by atoms with Crippen molar-refractivity contribution in [3.05, 3.63) is 37.1 Å². The maximum Gasteiger partial charge on any atom is 0.132 e. The third-order valence-electron chi connectivity index (χ3n) is 7.21. The Hall–Kier alpha value is -0.320. The second-order valence-electron chi connectivity index (χ2n) is 10.6. The first-order valence-electron chi connectivity index (χ1n) is 15.5. The highest BCUT2D eigenvalue weighted by atomic mass is 79.9. The van der Waals surface area contributed by atoms with E-state index in [-0.39, 0.29) is 0 Å². The molecule has 0 N–H and O–H groups in total. The molecule has 0 radical (unpaired) electrons. The van der Waals surface area contributed by atoms with Gasteiger partial charge in [-0.25, -0.2) is 0 Å². The SMILES string of the molecule is CCCCCCCCCCCCc1cscc1Br.CCCCCCCCCCCCc1cscc1OC. The zero-order valence-corrected chi connectivity index (χ0v) is 27.7. The summed E-state index contributed by atoms with van der Waals surface area (Å²) in [5.41, 5.74) is 2.90. The van der Waals surface area contributed by atoms with E-state index in [1.807, 2.05) is 0 Å². The molecular formula is C33H57BrOS2. The van der Waals surface area contributed by atoms with Crippen LogP contribution >= 0.6 is 38.6 Å². The minimum absolute atomic E-state index is 1.08. The van der Waals surface area contributed by atoms with Crippen LogP contribution in [0.5, 0.6) is 5.75 Å². The predicted octanol–water partition coefficient (Wildman–Crippen LogP) is 13.2. The molecule has 4 heteroatoms. The molecule has 0 amide bonds. The van der Waals surface area contributed by atoms with Crippen LogP contribution in [-0.4, -0.2) is 7.11 Å². The third-order valence-corrected chi connectivity index (χ3v) is 9.81. The van der Waals surface area contributed by atoms with Crippen molar-refractivity contribution in [1.82, 2.24) is 0 Å². The van der Waals surface area contributed by atoms with E-state index in [9.17, 15) is 0 Å². The van der Waals surface area contributed by atoms with E-state index >= 15 is 0 Å². The standard InChI is InChI=1S/C17H30OS.C16H27BrS/c1-3-4-5-6-7-8-9-10-11-12-13-16-14-19-15-17(16)18-2;1-2-3-4-5-6-7-8-9-10-11-12-15-13-18-14-16(15)17/h14-15H,3-13H2,1-2H3;13-14H,2-12H2,1H3. The molecule has 214 valence electrons. The number of aryl methyl sites for hydroxylation is 2. The first-order chi connectivity index (χ1) is 18.2. The lowest BCUT2D eigenvalue weighted by Gasteiger charge is -2.03. The number of ether oxygens (including phenoxy) is 1. The van der Waals surface area contributed by atoms with Crippen molar-refractivity contribution in [2.45, 2.75) is 155 Å². The topological polar surface area (TPSA) is 9.23 Å². The zero-order chi connectivity index (χ0) is 26.8. The second kappa shape index (κ2) is 25.9. The molecule has 0 aromatic carbocycles. The number of halogens is 1. The van der Waals surface area contributed by atoms with E-state index < -0.39 is 0 Å². The lowest BCUT2D eigenvalue weighted by Crippen LogP contribution is -1.89. The van der Waals surface area contributed by atoms with Gasteiger partial charge in [0, 0.05) is 20.8 Å². The Bertz CT molecular complexity index is 723. The summed E-state index contributed by atoms with van der Waals surface area (Å²) < 4.78 is 6.65. The van der Waals surface area contributed by atoms with Crippen molar-refractivity contribution in [1.29, 1.82) is 0 Å². The summed E-state index contributed by atoms with van der Waals surface area (Å²) in [6, 6.07) is 0. The maximum absolute atomic E-state index is 5.34. The number of hydrogen-bond donors (Lipinski definition) is 0. The van der Waals surface area contributed by atoms with E-state index in [4.69, 9.17) is 4.74 Å². The molecule has 2 rings (SSSR count). The number of unbranched alkanes of at least 4 members (excludes halogenated alkanes) is 18. The van der Waals surface area contributed by atoms with E-state index in [0.717, 1.165) is 5.75 Å². The van der Waals surface area contributed by atoms with Crippen LogP contribution in [0.3, 0.4) is 0 Å². The van der Waals surface area contributed by atoms with Gasteiger partial charge in [-0.05, 0) is 57.9 Å². The van der Waals surface area contributed by atoms with Crippen LogP contribution in [-0.2, 0) is 12.8 Å². The van der Waals surface area contributed by atoms with Gasteiger partial charge in [-0.15, -0.1) is 11.3 Å². The highest BCUT2D eigenvalue weighted by Crippen LogP contribution is 2.25. The molecule has 2 heterocycles. The normalized spacial score (nSPS) is 10.9. The van der Waals surface area contributed by atoms with Crippen LogP contribution < -0.4 is 4.74 Å². The molecule has 0 saturated carbocycles. The summed E-state index contributed by atoms with van der Waals surface area (Å²) in [6.07, 6.45) is 30.7. The predicted molar refractivity (Wildman–Crippen MR) is 174 cm³/mol. The third kappa shape index (κ3) is 19.4. The molecule has 0 unspecified atom stereocenters. The monoisotopic (exact) mass is 612 g/mol. The van der Waals surface area contributed by atoms with Gasteiger partial charge in [-0.3, -0.25) is 0 Å². The lowest BCUT2D eigenvalue weighted by molar-refractivity contribution is 0.411. The average molecular weight is 614 g/mol. The first-order valence-corrected chi connectivity index (χ1v) is 18.2. The summed E-state index contributed by atoms with van der Waals surface area (Å²) in [7, 11) is 1.77. The number of thiophene rings is 2. The summed E-state index contributed by atoms with van der Waals surface area (Å²) >= 11 is 7.15. The molecule has 0 aliphatic heterocycles. The highest BCUT2D eigenvalue weighted by molar-refractivity contribution is 9.10. The van der Waals surface area contributed by atoms with Crippen LogP contribution in [0.25, 0.3) is 0 Å². The fourth-order valence-electron chi connectivity index (χ4n) is 4.77. The van der Waals surface area contributed by atoms with Crippen LogP contribution in [0.1, 0.15) is 153 Å². The zero-order valence-electron chi connectivity index (χ0n) is 24.5. The molecule has 0 spiro atoms. The molecule has 37 heavy (non-hydrogen) atoms. The Morgan fingerprint density at radius 1 is 0.514 bits per heavy atom. The van der Waals surface area contributed by atoms with Crippen molar-refractivity contribution < 1.29 is 4.74 Å². The quantitative estimate of drug-likeness (QED) is 0.113. The van der Waals surface area contributed by atoms with Crippen molar-refractivity contribution in [2.24, 2.45) is 0 Å². The van der Waals surface area contributed by atoms with E-state index in [1.165, 1.54) is 157 Å². The molecule has 2 aromatic heterocycles. The molecule has 0 bridgehead atoms. The van der Waals surface area contributed by atoms with Crippen LogP contribution in [0.4, 0.5) is 0 Å². The summed E-state index contributed by atoms with van der Waals surface area (Å²) in [5, 5.41) is 8.79. The maximum atomic E-state index is 5.34. The molecule has 0 fully saturated rings. The van der Waals surface area contributed by atoms with Gasteiger partial charge in [0.15, 0.2) is 0 Å². The van der Waals surface area contributed by atoms with Gasteiger partial charge in [0.2, 0.25) is 0 Å². The fraction of sp³-hybridized carbons (Fsp3) is 0.758. The average Bonchev–Trinajstić information content (AvgIpc) is 3.55. The van der Waals surface area contributed by atoms with E-state index in [2.05, 4.69) is 51.3 Å². The van der Waals surface area contributed by atoms with Crippen molar-refractivity contribution >= 4 is 38.6 Å². The molecular weight excluding hydrogens is 556 g/mol. The van der Waals surface area contributed by atoms with Gasteiger partial charge in [0.1, 0.15) is 5.75 Å². The van der Waals surface area contributed by atoms with Gasteiger partial charge >= 0.3 is 0 Å². The summed E-state index contributed by atoms with van der Waals surface area (Å²) in [4.78, 5) is 0. The second-order valence-corrected chi connectivity index (χ2v) is 12.9. The van der Waals surface area contributed by atoms with Crippen LogP contribution in [0.15, 0.2) is 26.0 Å². The Morgan fingerprint density at radius 3 is 1.30 bits per heavy atom. The largest absolute Gasteiger partial charge is 0.496 e. The Morgan fingerprint density at radius 2 is 0.892 bits per heavy atom.